The molecule has 1 aliphatic carbocycles. The van der Waals surface area contributed by atoms with E-state index < -0.39 is 10.7 Å². The van der Waals surface area contributed by atoms with Crippen molar-refractivity contribution in [2.24, 2.45) is 11.3 Å². The Morgan fingerprint density at radius 3 is 2.48 bits per heavy atom. The number of hydrogen-bond donors (Lipinski definition) is 0. The third kappa shape index (κ3) is 2.57. The van der Waals surface area contributed by atoms with Gasteiger partial charge in [0.25, 0.3) is 5.69 Å². The standard InChI is InChI=1S/C18H23N3O4/c1-12(2)16-17(9-18(10-17,24-3)25-4)11-20(16)15-6-5-14(21(22)23)7-13(15)8-19/h5-7,12,16H,9-11H2,1-4H3. The number of nitro benzene ring substituents is 1. The van der Waals surface area contributed by atoms with E-state index >= 15 is 0 Å². The number of nitriles is 1. The zero-order valence-corrected chi connectivity index (χ0v) is 15.0. The second-order valence-electron chi connectivity index (χ2n) is 7.42. The second-order valence-corrected chi connectivity index (χ2v) is 7.42. The number of methoxy groups -OCH3 is 2. The highest BCUT2D eigenvalue weighted by Crippen LogP contribution is 2.62. The van der Waals surface area contributed by atoms with Crippen LogP contribution in [0.5, 0.6) is 0 Å². The van der Waals surface area contributed by atoms with Crippen LogP contribution in [0.3, 0.4) is 0 Å². The van der Waals surface area contributed by atoms with Gasteiger partial charge in [-0.25, -0.2) is 0 Å². The van der Waals surface area contributed by atoms with Crippen molar-refractivity contribution in [3.05, 3.63) is 33.9 Å². The van der Waals surface area contributed by atoms with Crippen LogP contribution in [-0.2, 0) is 9.47 Å². The van der Waals surface area contributed by atoms with E-state index in [0.29, 0.717) is 11.5 Å². The summed E-state index contributed by atoms with van der Waals surface area (Å²) in [6, 6.07) is 6.87. The van der Waals surface area contributed by atoms with Gasteiger partial charge in [0, 0.05) is 57.2 Å². The maximum atomic E-state index is 11.0. The lowest BCUT2D eigenvalue weighted by Crippen LogP contribution is -2.76. The van der Waals surface area contributed by atoms with E-state index in [0.717, 1.165) is 25.1 Å². The average molecular weight is 345 g/mol. The monoisotopic (exact) mass is 345 g/mol. The lowest BCUT2D eigenvalue weighted by atomic mass is 9.52. The van der Waals surface area contributed by atoms with Crippen LogP contribution in [0, 0.1) is 32.8 Å². The number of non-ortho nitro benzene ring substituents is 1. The molecule has 1 unspecified atom stereocenters. The average Bonchev–Trinajstić information content (AvgIpc) is 2.53. The van der Waals surface area contributed by atoms with Crippen molar-refractivity contribution in [1.82, 2.24) is 0 Å². The van der Waals surface area contributed by atoms with Crippen LogP contribution in [0.25, 0.3) is 0 Å². The topological polar surface area (TPSA) is 88.6 Å². The van der Waals surface area contributed by atoms with Crippen LogP contribution in [0.15, 0.2) is 18.2 Å². The Hall–Kier alpha value is -2.17. The maximum absolute atomic E-state index is 11.0. The fraction of sp³-hybridized carbons (Fsp3) is 0.611. The van der Waals surface area contributed by atoms with E-state index in [2.05, 4.69) is 24.8 Å². The number of nitrogens with zero attached hydrogens (tertiary/aromatic N) is 3. The first-order valence-corrected chi connectivity index (χ1v) is 8.37. The number of benzene rings is 1. The smallest absolute Gasteiger partial charge is 0.270 e. The molecule has 134 valence electrons. The molecule has 1 spiro atoms. The van der Waals surface area contributed by atoms with Gasteiger partial charge in [-0.3, -0.25) is 10.1 Å². The van der Waals surface area contributed by atoms with E-state index in [9.17, 15) is 15.4 Å². The molecule has 1 aromatic rings. The van der Waals surface area contributed by atoms with Crippen LogP contribution in [0.4, 0.5) is 11.4 Å². The molecule has 7 nitrogen and oxygen atoms in total. The minimum atomic E-state index is -0.507. The number of hydrogen-bond acceptors (Lipinski definition) is 6. The first kappa shape index (κ1) is 17.6. The van der Waals surface area contributed by atoms with Gasteiger partial charge in [0.2, 0.25) is 0 Å². The molecule has 1 saturated carbocycles. The minimum Gasteiger partial charge on any atom is -0.366 e. The first-order valence-electron chi connectivity index (χ1n) is 8.37. The summed E-state index contributed by atoms with van der Waals surface area (Å²) in [5, 5.41) is 20.4. The van der Waals surface area contributed by atoms with Gasteiger partial charge in [0.15, 0.2) is 5.79 Å². The van der Waals surface area contributed by atoms with Crippen LogP contribution in [0.1, 0.15) is 32.3 Å². The molecular formula is C18H23N3O4. The molecule has 25 heavy (non-hydrogen) atoms. The summed E-state index contributed by atoms with van der Waals surface area (Å²) in [5.41, 5.74) is 1.16. The highest BCUT2D eigenvalue weighted by Gasteiger charge is 2.67. The summed E-state index contributed by atoms with van der Waals surface area (Å²) in [7, 11) is 3.34. The maximum Gasteiger partial charge on any atom is 0.270 e. The summed E-state index contributed by atoms with van der Waals surface area (Å²) < 4.78 is 11.1. The molecule has 0 amide bonds. The van der Waals surface area contributed by atoms with E-state index in [1.54, 1.807) is 20.3 Å². The molecule has 3 rings (SSSR count). The van der Waals surface area contributed by atoms with Gasteiger partial charge < -0.3 is 14.4 Å². The third-order valence-corrected chi connectivity index (χ3v) is 5.69. The van der Waals surface area contributed by atoms with Crippen molar-refractivity contribution in [3.8, 4) is 6.07 Å². The second kappa shape index (κ2) is 5.97. The fourth-order valence-electron chi connectivity index (χ4n) is 4.74. The van der Waals surface area contributed by atoms with Gasteiger partial charge in [-0.1, -0.05) is 13.8 Å². The van der Waals surface area contributed by atoms with Crippen molar-refractivity contribution in [2.75, 3.05) is 25.7 Å². The van der Waals surface area contributed by atoms with Crippen molar-refractivity contribution in [2.45, 2.75) is 38.5 Å². The predicted molar refractivity (Wildman–Crippen MR) is 92.2 cm³/mol. The van der Waals surface area contributed by atoms with E-state index in [-0.39, 0.29) is 17.1 Å². The van der Waals surface area contributed by atoms with Crippen molar-refractivity contribution >= 4 is 11.4 Å². The van der Waals surface area contributed by atoms with Crippen LogP contribution in [0.2, 0.25) is 0 Å². The summed E-state index contributed by atoms with van der Waals surface area (Å²) >= 11 is 0. The molecule has 2 fully saturated rings. The molecule has 1 aromatic carbocycles. The molecule has 1 heterocycles. The largest absolute Gasteiger partial charge is 0.366 e. The number of anilines is 1. The first-order chi connectivity index (χ1) is 11.8. The quantitative estimate of drug-likeness (QED) is 0.463. The van der Waals surface area contributed by atoms with Gasteiger partial charge in [-0.15, -0.1) is 0 Å². The van der Waals surface area contributed by atoms with E-state index in [4.69, 9.17) is 9.47 Å². The molecule has 0 N–H and O–H groups in total. The molecule has 1 saturated heterocycles. The Morgan fingerprint density at radius 1 is 1.36 bits per heavy atom. The lowest BCUT2D eigenvalue weighted by Gasteiger charge is -2.69. The summed E-state index contributed by atoms with van der Waals surface area (Å²) in [6.45, 7) is 5.13. The fourth-order valence-corrected chi connectivity index (χ4v) is 4.74. The lowest BCUT2D eigenvalue weighted by molar-refractivity contribution is -0.384. The Bertz CT molecular complexity index is 728. The predicted octanol–water partition coefficient (Wildman–Crippen LogP) is 3.08. The van der Waals surface area contributed by atoms with E-state index in [1.165, 1.54) is 12.1 Å². The number of nitro groups is 1. The zero-order valence-electron chi connectivity index (χ0n) is 15.0. The molecule has 0 aromatic heterocycles. The molecule has 2 aliphatic rings. The Balaban J connectivity index is 1.88. The SMILES string of the molecule is COC1(OC)CC2(CN(c3ccc([N+](=O)[O-])cc3C#N)C2C(C)C)C1. The zero-order chi connectivity index (χ0) is 18.4. The van der Waals surface area contributed by atoms with E-state index in [1.807, 2.05) is 0 Å². The Kier molecular flexibility index (Phi) is 4.21. The van der Waals surface area contributed by atoms with Gasteiger partial charge in [-0.05, 0) is 12.0 Å². The van der Waals surface area contributed by atoms with Gasteiger partial charge in [0.1, 0.15) is 6.07 Å². The van der Waals surface area contributed by atoms with Crippen molar-refractivity contribution in [1.29, 1.82) is 5.26 Å². The Labute approximate surface area is 147 Å². The van der Waals surface area contributed by atoms with Crippen LogP contribution in [-0.4, -0.2) is 37.5 Å². The molecule has 1 atom stereocenters. The number of ether oxygens (including phenoxy) is 2. The van der Waals surface area contributed by atoms with Crippen LogP contribution < -0.4 is 4.90 Å². The van der Waals surface area contributed by atoms with Gasteiger partial charge >= 0.3 is 0 Å². The molecular weight excluding hydrogens is 322 g/mol. The summed E-state index contributed by atoms with van der Waals surface area (Å²) in [4.78, 5) is 12.7. The van der Waals surface area contributed by atoms with Crippen molar-refractivity contribution < 1.29 is 14.4 Å². The highest BCUT2D eigenvalue weighted by atomic mass is 16.7. The molecule has 7 heteroatoms. The summed E-state index contributed by atoms with van der Waals surface area (Å²) in [5.74, 6) is -0.130. The highest BCUT2D eigenvalue weighted by molar-refractivity contribution is 5.66. The normalized spacial score (nSPS) is 23.0. The minimum absolute atomic E-state index is 0.0574. The third-order valence-electron chi connectivity index (χ3n) is 5.69. The van der Waals surface area contributed by atoms with Gasteiger partial charge in [-0.2, -0.15) is 5.26 Å². The molecule has 0 radical (unpaired) electrons. The number of rotatable bonds is 5. The van der Waals surface area contributed by atoms with Crippen LogP contribution >= 0.6 is 0 Å². The molecule has 0 bridgehead atoms. The van der Waals surface area contributed by atoms with Gasteiger partial charge in [0.05, 0.1) is 16.2 Å². The summed E-state index contributed by atoms with van der Waals surface area (Å²) in [6.07, 6.45) is 1.64. The Morgan fingerprint density at radius 2 is 2.00 bits per heavy atom. The molecule has 1 aliphatic heterocycles. The van der Waals surface area contributed by atoms with Crippen molar-refractivity contribution in [3.63, 3.8) is 0 Å².